The zero-order valence-electron chi connectivity index (χ0n) is 8.34. The van der Waals surface area contributed by atoms with Gasteiger partial charge in [-0.05, 0) is 44.1 Å². The normalized spacial score (nSPS) is 34.8. The lowest BCUT2D eigenvalue weighted by Crippen LogP contribution is -2.39. The maximum absolute atomic E-state index is 9.15. The largest absolute Gasteiger partial charge is 0.396 e. The van der Waals surface area contributed by atoms with E-state index in [2.05, 4.69) is 5.32 Å². The predicted octanol–water partition coefficient (Wildman–Crippen LogP) is 1.54. The summed E-state index contributed by atoms with van der Waals surface area (Å²) in [6.07, 6.45) is 8.04. The van der Waals surface area contributed by atoms with Crippen LogP contribution < -0.4 is 5.32 Å². The van der Waals surface area contributed by atoms with Gasteiger partial charge in [0.1, 0.15) is 0 Å². The van der Waals surface area contributed by atoms with Crippen LogP contribution in [-0.4, -0.2) is 24.3 Å². The zero-order chi connectivity index (χ0) is 9.10. The molecule has 76 valence electrons. The lowest BCUT2D eigenvalue weighted by molar-refractivity contribution is 0.185. The Labute approximate surface area is 80.7 Å². The lowest BCUT2D eigenvalue weighted by Gasteiger charge is -2.29. The van der Waals surface area contributed by atoms with Gasteiger partial charge in [-0.15, -0.1) is 0 Å². The summed E-state index contributed by atoms with van der Waals surface area (Å²) in [5.41, 5.74) is 0. The molecular formula is C11H21NO. The molecule has 2 aliphatic rings. The van der Waals surface area contributed by atoms with Crippen LogP contribution in [0.1, 0.15) is 38.5 Å². The predicted molar refractivity (Wildman–Crippen MR) is 53.6 cm³/mol. The molecule has 0 saturated heterocycles. The van der Waals surface area contributed by atoms with Gasteiger partial charge in [-0.25, -0.2) is 0 Å². The summed E-state index contributed by atoms with van der Waals surface area (Å²) in [7, 11) is 0. The third-order valence-corrected chi connectivity index (χ3v) is 3.82. The molecule has 2 unspecified atom stereocenters. The third kappa shape index (κ3) is 2.23. The van der Waals surface area contributed by atoms with Crippen molar-refractivity contribution in [3.05, 3.63) is 0 Å². The fraction of sp³-hybridized carbons (Fsp3) is 1.00. The van der Waals surface area contributed by atoms with Crippen LogP contribution in [0.5, 0.6) is 0 Å². The monoisotopic (exact) mass is 183 g/mol. The molecule has 0 aromatic heterocycles. The Kier molecular flexibility index (Phi) is 3.23. The van der Waals surface area contributed by atoms with Crippen LogP contribution in [0.25, 0.3) is 0 Å². The van der Waals surface area contributed by atoms with E-state index >= 15 is 0 Å². The van der Waals surface area contributed by atoms with Gasteiger partial charge in [-0.1, -0.05) is 12.8 Å². The second-order valence-corrected chi connectivity index (χ2v) is 4.67. The van der Waals surface area contributed by atoms with Gasteiger partial charge in [0, 0.05) is 12.6 Å². The summed E-state index contributed by atoms with van der Waals surface area (Å²) in [6, 6.07) is 0.806. The number of aliphatic hydroxyl groups excluding tert-OH is 1. The number of rotatable bonds is 4. The van der Waals surface area contributed by atoms with E-state index in [4.69, 9.17) is 5.11 Å². The Morgan fingerprint density at radius 1 is 1.00 bits per heavy atom. The maximum atomic E-state index is 9.15. The fourth-order valence-electron chi connectivity index (χ4n) is 2.55. The zero-order valence-corrected chi connectivity index (χ0v) is 8.34. The third-order valence-electron chi connectivity index (χ3n) is 3.82. The first-order valence-electron chi connectivity index (χ1n) is 5.74. The average molecular weight is 183 g/mol. The topological polar surface area (TPSA) is 32.3 Å². The van der Waals surface area contributed by atoms with E-state index in [1.165, 1.54) is 38.5 Å². The van der Waals surface area contributed by atoms with E-state index in [0.29, 0.717) is 12.5 Å². The summed E-state index contributed by atoms with van der Waals surface area (Å²) in [5, 5.41) is 12.8. The molecule has 2 nitrogen and oxygen atoms in total. The fourth-order valence-corrected chi connectivity index (χ4v) is 2.55. The van der Waals surface area contributed by atoms with Gasteiger partial charge >= 0.3 is 0 Å². The molecule has 2 saturated carbocycles. The van der Waals surface area contributed by atoms with Gasteiger partial charge in [0.05, 0.1) is 0 Å². The van der Waals surface area contributed by atoms with Gasteiger partial charge in [0.25, 0.3) is 0 Å². The molecule has 2 N–H and O–H groups in total. The van der Waals surface area contributed by atoms with Crippen LogP contribution in [0.4, 0.5) is 0 Å². The summed E-state index contributed by atoms with van der Waals surface area (Å²) < 4.78 is 0. The highest BCUT2D eigenvalue weighted by Gasteiger charge is 2.27. The molecule has 0 heterocycles. The molecule has 0 spiro atoms. The summed E-state index contributed by atoms with van der Waals surface area (Å²) >= 11 is 0. The van der Waals surface area contributed by atoms with Crippen LogP contribution in [0.2, 0.25) is 0 Å². The second kappa shape index (κ2) is 4.43. The smallest absolute Gasteiger partial charge is 0.0462 e. The number of nitrogens with one attached hydrogen (secondary N) is 1. The van der Waals surface area contributed by atoms with E-state index in [1.807, 2.05) is 0 Å². The number of hydrogen-bond acceptors (Lipinski definition) is 2. The van der Waals surface area contributed by atoms with Crippen molar-refractivity contribution >= 4 is 0 Å². The molecule has 0 bridgehead atoms. The molecule has 0 amide bonds. The van der Waals surface area contributed by atoms with E-state index in [0.717, 1.165) is 18.5 Å². The molecule has 0 aromatic rings. The average Bonchev–Trinajstić information content (AvgIpc) is 2.49. The van der Waals surface area contributed by atoms with E-state index < -0.39 is 0 Å². The molecular weight excluding hydrogens is 162 g/mol. The molecule has 2 fully saturated rings. The van der Waals surface area contributed by atoms with E-state index in [9.17, 15) is 0 Å². The van der Waals surface area contributed by atoms with Gasteiger partial charge in [0.2, 0.25) is 0 Å². The minimum atomic E-state index is 0.400. The SMILES string of the molecule is OCC1CCCC1CNC1CCC1. The summed E-state index contributed by atoms with van der Waals surface area (Å²) in [6.45, 7) is 1.55. The first kappa shape index (κ1) is 9.47. The maximum Gasteiger partial charge on any atom is 0.0462 e. The van der Waals surface area contributed by atoms with Crippen molar-refractivity contribution in [2.45, 2.75) is 44.6 Å². The molecule has 2 atom stereocenters. The molecule has 2 rings (SSSR count). The van der Waals surface area contributed by atoms with Crippen molar-refractivity contribution in [3.63, 3.8) is 0 Å². The van der Waals surface area contributed by atoms with Crippen molar-refractivity contribution in [1.29, 1.82) is 0 Å². The van der Waals surface area contributed by atoms with Crippen molar-refractivity contribution in [1.82, 2.24) is 5.32 Å². The summed E-state index contributed by atoms with van der Waals surface area (Å²) in [4.78, 5) is 0. The molecule has 0 radical (unpaired) electrons. The number of hydrogen-bond donors (Lipinski definition) is 2. The molecule has 13 heavy (non-hydrogen) atoms. The minimum absolute atomic E-state index is 0.400. The highest BCUT2D eigenvalue weighted by atomic mass is 16.3. The van der Waals surface area contributed by atoms with Crippen LogP contribution >= 0.6 is 0 Å². The Morgan fingerprint density at radius 2 is 1.69 bits per heavy atom. The Hall–Kier alpha value is -0.0800. The van der Waals surface area contributed by atoms with Crippen LogP contribution in [0.15, 0.2) is 0 Å². The van der Waals surface area contributed by atoms with Crippen molar-refractivity contribution in [2.24, 2.45) is 11.8 Å². The van der Waals surface area contributed by atoms with Gasteiger partial charge in [-0.3, -0.25) is 0 Å². The van der Waals surface area contributed by atoms with Gasteiger partial charge in [-0.2, -0.15) is 0 Å². The summed E-state index contributed by atoms with van der Waals surface area (Å²) in [5.74, 6) is 1.35. The van der Waals surface area contributed by atoms with Crippen LogP contribution in [-0.2, 0) is 0 Å². The molecule has 0 aliphatic heterocycles. The van der Waals surface area contributed by atoms with Crippen molar-refractivity contribution in [2.75, 3.05) is 13.2 Å². The van der Waals surface area contributed by atoms with Crippen molar-refractivity contribution in [3.8, 4) is 0 Å². The first-order chi connectivity index (χ1) is 6.40. The van der Waals surface area contributed by atoms with E-state index in [1.54, 1.807) is 0 Å². The standard InChI is InChI=1S/C11H21NO/c13-8-10-4-1-3-9(10)7-12-11-5-2-6-11/h9-13H,1-8H2. The minimum Gasteiger partial charge on any atom is -0.396 e. The number of aliphatic hydroxyl groups is 1. The van der Waals surface area contributed by atoms with Crippen molar-refractivity contribution < 1.29 is 5.11 Å². The van der Waals surface area contributed by atoms with E-state index in [-0.39, 0.29) is 0 Å². The highest BCUT2D eigenvalue weighted by Crippen LogP contribution is 2.31. The Bertz CT molecular complexity index is 156. The Balaban J connectivity index is 1.67. The molecule has 2 heteroatoms. The second-order valence-electron chi connectivity index (χ2n) is 4.67. The molecule has 0 aromatic carbocycles. The van der Waals surface area contributed by atoms with Crippen LogP contribution in [0, 0.1) is 11.8 Å². The van der Waals surface area contributed by atoms with Gasteiger partial charge < -0.3 is 10.4 Å². The van der Waals surface area contributed by atoms with Crippen LogP contribution in [0.3, 0.4) is 0 Å². The first-order valence-corrected chi connectivity index (χ1v) is 5.74. The molecule has 2 aliphatic carbocycles. The lowest BCUT2D eigenvalue weighted by atomic mass is 9.91. The Morgan fingerprint density at radius 3 is 2.31 bits per heavy atom. The quantitative estimate of drug-likeness (QED) is 0.693. The highest BCUT2D eigenvalue weighted by molar-refractivity contribution is 4.82. The van der Waals surface area contributed by atoms with Gasteiger partial charge in [0.15, 0.2) is 0 Å².